The van der Waals surface area contributed by atoms with Gasteiger partial charge in [0.2, 0.25) is 0 Å². The number of pyridine rings is 1. The van der Waals surface area contributed by atoms with Crippen molar-refractivity contribution >= 4 is 21.7 Å². The van der Waals surface area contributed by atoms with Crippen molar-refractivity contribution in [3.8, 4) is 0 Å². The van der Waals surface area contributed by atoms with Crippen LogP contribution in [0.2, 0.25) is 0 Å². The van der Waals surface area contributed by atoms with Gasteiger partial charge < -0.3 is 10.1 Å². The van der Waals surface area contributed by atoms with Gasteiger partial charge in [0.25, 0.3) is 0 Å². The van der Waals surface area contributed by atoms with E-state index in [0.717, 1.165) is 29.7 Å². The van der Waals surface area contributed by atoms with E-state index >= 15 is 0 Å². The summed E-state index contributed by atoms with van der Waals surface area (Å²) in [6, 6.07) is 2.53. The fourth-order valence-corrected chi connectivity index (χ4v) is 2.40. The third-order valence-corrected chi connectivity index (χ3v) is 3.93. The average Bonchev–Trinajstić information content (AvgIpc) is 2.22. The Hall–Kier alpha value is -0.610. The summed E-state index contributed by atoms with van der Waals surface area (Å²) < 4.78 is 6.76. The van der Waals surface area contributed by atoms with Crippen molar-refractivity contribution < 1.29 is 4.74 Å². The minimum atomic E-state index is -0.0275. The van der Waals surface area contributed by atoms with Crippen molar-refractivity contribution in [2.24, 2.45) is 0 Å². The molecular formula is C13H19BrN2O. The van der Waals surface area contributed by atoms with Crippen molar-refractivity contribution in [3.63, 3.8) is 0 Å². The van der Waals surface area contributed by atoms with Crippen LogP contribution in [0.15, 0.2) is 16.7 Å². The minimum absolute atomic E-state index is 0.0275. The van der Waals surface area contributed by atoms with E-state index in [9.17, 15) is 0 Å². The van der Waals surface area contributed by atoms with E-state index in [2.05, 4.69) is 53.1 Å². The fraction of sp³-hybridized carbons (Fsp3) is 0.615. The van der Waals surface area contributed by atoms with Crippen LogP contribution in [0.4, 0.5) is 5.82 Å². The molecule has 1 aliphatic heterocycles. The van der Waals surface area contributed by atoms with Gasteiger partial charge in [-0.15, -0.1) is 0 Å². The molecule has 0 radical (unpaired) electrons. The Kier molecular flexibility index (Phi) is 3.73. The van der Waals surface area contributed by atoms with E-state index in [4.69, 9.17) is 4.74 Å². The summed E-state index contributed by atoms with van der Waals surface area (Å²) >= 11 is 3.46. The molecule has 1 unspecified atom stereocenters. The number of aromatic nitrogens is 1. The number of nitrogens with zero attached hydrogens (tertiary/aromatic N) is 1. The highest BCUT2D eigenvalue weighted by atomic mass is 79.9. The highest BCUT2D eigenvalue weighted by Crippen LogP contribution is 2.26. The predicted octanol–water partition coefficient (Wildman–Crippen LogP) is 3.52. The summed E-state index contributed by atoms with van der Waals surface area (Å²) in [6.45, 7) is 7.17. The molecule has 0 bridgehead atoms. The summed E-state index contributed by atoms with van der Waals surface area (Å²) in [6.07, 6.45) is 3.91. The van der Waals surface area contributed by atoms with E-state index in [0.29, 0.717) is 6.04 Å². The molecule has 1 aromatic rings. The summed E-state index contributed by atoms with van der Waals surface area (Å²) in [5, 5.41) is 3.49. The summed E-state index contributed by atoms with van der Waals surface area (Å²) in [7, 11) is 0. The number of aryl methyl sites for hydroxylation is 1. The molecule has 17 heavy (non-hydrogen) atoms. The van der Waals surface area contributed by atoms with E-state index in [1.165, 1.54) is 5.56 Å². The topological polar surface area (TPSA) is 34.1 Å². The molecule has 1 N–H and O–H groups in total. The maximum Gasteiger partial charge on any atom is 0.126 e. The lowest BCUT2D eigenvalue weighted by molar-refractivity contribution is -0.0553. The normalized spacial score (nSPS) is 23.4. The first-order valence-electron chi connectivity index (χ1n) is 5.99. The summed E-state index contributed by atoms with van der Waals surface area (Å²) in [4.78, 5) is 4.38. The van der Waals surface area contributed by atoms with Gasteiger partial charge in [0.15, 0.2) is 0 Å². The van der Waals surface area contributed by atoms with Crippen molar-refractivity contribution in [1.82, 2.24) is 4.98 Å². The number of nitrogens with one attached hydrogen (secondary N) is 1. The molecule has 3 nitrogen and oxygen atoms in total. The molecule has 1 fully saturated rings. The summed E-state index contributed by atoms with van der Waals surface area (Å²) in [5.41, 5.74) is 1.18. The molecule has 0 amide bonds. The van der Waals surface area contributed by atoms with Gasteiger partial charge in [-0.3, -0.25) is 0 Å². The molecule has 0 aliphatic carbocycles. The molecule has 2 rings (SSSR count). The Bertz CT molecular complexity index is 406. The monoisotopic (exact) mass is 298 g/mol. The number of halogens is 1. The largest absolute Gasteiger partial charge is 0.375 e. The second kappa shape index (κ2) is 4.94. The van der Waals surface area contributed by atoms with Crippen LogP contribution in [0.25, 0.3) is 0 Å². The van der Waals surface area contributed by atoms with Gasteiger partial charge in [-0.1, -0.05) is 0 Å². The molecule has 94 valence electrons. The Balaban J connectivity index is 2.03. The van der Waals surface area contributed by atoms with E-state index in [1.54, 1.807) is 0 Å². The highest BCUT2D eigenvalue weighted by Gasteiger charge is 2.28. The molecule has 1 atom stereocenters. The van der Waals surface area contributed by atoms with Crippen LogP contribution >= 0.6 is 15.9 Å². The zero-order valence-corrected chi connectivity index (χ0v) is 12.2. The van der Waals surface area contributed by atoms with Gasteiger partial charge in [-0.25, -0.2) is 4.98 Å². The van der Waals surface area contributed by atoms with E-state index < -0.39 is 0 Å². The first kappa shape index (κ1) is 12.8. The van der Waals surface area contributed by atoms with Crippen LogP contribution in [0.1, 0.15) is 32.3 Å². The maximum absolute atomic E-state index is 5.71. The van der Waals surface area contributed by atoms with Gasteiger partial charge in [0, 0.05) is 23.3 Å². The number of ether oxygens (including phenoxy) is 1. The van der Waals surface area contributed by atoms with Gasteiger partial charge in [-0.2, -0.15) is 0 Å². The molecule has 0 saturated carbocycles. The maximum atomic E-state index is 5.71. The molecule has 2 heterocycles. The zero-order chi connectivity index (χ0) is 12.5. The van der Waals surface area contributed by atoms with Gasteiger partial charge in [0.05, 0.1) is 5.60 Å². The molecule has 1 aliphatic rings. The summed E-state index contributed by atoms with van der Waals surface area (Å²) in [5.74, 6) is 0.952. The van der Waals surface area contributed by atoms with Crippen molar-refractivity contribution in [2.75, 3.05) is 11.9 Å². The second-order valence-corrected chi connectivity index (χ2v) is 6.12. The molecule has 1 saturated heterocycles. The highest BCUT2D eigenvalue weighted by molar-refractivity contribution is 9.10. The van der Waals surface area contributed by atoms with Gasteiger partial charge >= 0.3 is 0 Å². The van der Waals surface area contributed by atoms with E-state index in [-0.39, 0.29) is 5.60 Å². The third kappa shape index (κ3) is 3.42. The van der Waals surface area contributed by atoms with E-state index in [1.807, 2.05) is 6.20 Å². The number of anilines is 1. The van der Waals surface area contributed by atoms with Crippen molar-refractivity contribution in [3.05, 3.63) is 22.3 Å². The lowest BCUT2D eigenvalue weighted by Gasteiger charge is -2.36. The van der Waals surface area contributed by atoms with Crippen LogP contribution in [-0.4, -0.2) is 23.2 Å². The molecule has 4 heteroatoms. The van der Waals surface area contributed by atoms with Crippen LogP contribution in [-0.2, 0) is 4.74 Å². The molecular weight excluding hydrogens is 280 g/mol. The number of hydrogen-bond donors (Lipinski definition) is 1. The number of hydrogen-bond acceptors (Lipinski definition) is 3. The Morgan fingerprint density at radius 3 is 2.94 bits per heavy atom. The first-order valence-corrected chi connectivity index (χ1v) is 6.78. The molecule has 1 aromatic heterocycles. The Morgan fingerprint density at radius 1 is 1.53 bits per heavy atom. The van der Waals surface area contributed by atoms with Gasteiger partial charge in [-0.05, 0) is 61.2 Å². The zero-order valence-electron chi connectivity index (χ0n) is 10.6. The fourth-order valence-electron chi connectivity index (χ4n) is 2.18. The Morgan fingerprint density at radius 2 is 2.29 bits per heavy atom. The quantitative estimate of drug-likeness (QED) is 0.907. The van der Waals surface area contributed by atoms with Crippen LogP contribution in [0, 0.1) is 6.92 Å². The standard InChI is InChI=1S/C13H19BrN2O/c1-9-6-12(15-8-11(9)14)16-10-4-5-17-13(2,3)7-10/h6,8,10H,4-5,7H2,1-3H3,(H,15,16). The number of rotatable bonds is 2. The average molecular weight is 299 g/mol. The second-order valence-electron chi connectivity index (χ2n) is 5.26. The minimum Gasteiger partial charge on any atom is -0.375 e. The SMILES string of the molecule is Cc1cc(NC2CCOC(C)(C)C2)ncc1Br. The first-order chi connectivity index (χ1) is 7.96. The lowest BCUT2D eigenvalue weighted by atomic mass is 9.94. The lowest BCUT2D eigenvalue weighted by Crippen LogP contribution is -2.40. The van der Waals surface area contributed by atoms with Crippen LogP contribution in [0.5, 0.6) is 0 Å². The van der Waals surface area contributed by atoms with Crippen molar-refractivity contribution in [2.45, 2.75) is 45.3 Å². The third-order valence-electron chi connectivity index (χ3n) is 3.10. The van der Waals surface area contributed by atoms with Gasteiger partial charge in [0.1, 0.15) is 5.82 Å². The Labute approximate surface area is 111 Å². The smallest absolute Gasteiger partial charge is 0.126 e. The van der Waals surface area contributed by atoms with Crippen LogP contribution in [0.3, 0.4) is 0 Å². The predicted molar refractivity (Wildman–Crippen MR) is 73.3 cm³/mol. The van der Waals surface area contributed by atoms with Crippen molar-refractivity contribution in [1.29, 1.82) is 0 Å². The molecule has 0 aromatic carbocycles. The van der Waals surface area contributed by atoms with Crippen LogP contribution < -0.4 is 5.32 Å². The molecule has 0 spiro atoms.